The van der Waals surface area contributed by atoms with E-state index in [9.17, 15) is 0 Å². The molecule has 0 unspecified atom stereocenters. The van der Waals surface area contributed by atoms with Gasteiger partial charge in [-0.2, -0.15) is 5.10 Å². The number of benzene rings is 1. The van der Waals surface area contributed by atoms with Crippen LogP contribution in [0.15, 0.2) is 48.3 Å². The van der Waals surface area contributed by atoms with Crippen molar-refractivity contribution in [2.75, 3.05) is 13.1 Å². The van der Waals surface area contributed by atoms with Gasteiger partial charge in [0.1, 0.15) is 0 Å². The summed E-state index contributed by atoms with van der Waals surface area (Å²) in [6.07, 6.45) is 6.17. The Morgan fingerprint density at radius 2 is 2.11 bits per heavy atom. The maximum absolute atomic E-state index is 4.26. The highest BCUT2D eigenvalue weighted by atomic mass is 15.3. The minimum absolute atomic E-state index is 0.909. The van der Waals surface area contributed by atoms with Gasteiger partial charge < -0.3 is 5.32 Å². The Kier molecular flexibility index (Phi) is 4.93. The SMILES string of the molecule is CC(=Cc1ccccc1)CNCCn1cc(C)cn1. The van der Waals surface area contributed by atoms with Crippen molar-refractivity contribution in [2.24, 2.45) is 0 Å². The summed E-state index contributed by atoms with van der Waals surface area (Å²) in [4.78, 5) is 0. The van der Waals surface area contributed by atoms with Gasteiger partial charge in [0.15, 0.2) is 0 Å². The molecule has 0 aliphatic carbocycles. The largest absolute Gasteiger partial charge is 0.311 e. The molecule has 0 saturated carbocycles. The summed E-state index contributed by atoms with van der Waals surface area (Å²) in [5.41, 5.74) is 3.80. The van der Waals surface area contributed by atoms with Gasteiger partial charge in [-0.25, -0.2) is 0 Å². The number of hydrogen-bond acceptors (Lipinski definition) is 2. The predicted molar refractivity (Wildman–Crippen MR) is 79.9 cm³/mol. The van der Waals surface area contributed by atoms with E-state index in [1.54, 1.807) is 0 Å². The number of nitrogens with zero attached hydrogens (tertiary/aromatic N) is 2. The Morgan fingerprint density at radius 1 is 1.32 bits per heavy atom. The average molecular weight is 255 g/mol. The van der Waals surface area contributed by atoms with Crippen molar-refractivity contribution in [1.82, 2.24) is 15.1 Å². The maximum atomic E-state index is 4.26. The van der Waals surface area contributed by atoms with Crippen LogP contribution in [0.2, 0.25) is 0 Å². The highest BCUT2D eigenvalue weighted by Crippen LogP contribution is 2.05. The first kappa shape index (κ1) is 13.6. The van der Waals surface area contributed by atoms with Crippen LogP contribution < -0.4 is 5.32 Å². The normalized spacial score (nSPS) is 11.8. The molecular formula is C16H21N3. The van der Waals surface area contributed by atoms with Gasteiger partial charge in [0.2, 0.25) is 0 Å². The number of rotatable bonds is 6. The highest BCUT2D eigenvalue weighted by Gasteiger charge is 1.95. The Hall–Kier alpha value is -1.87. The third kappa shape index (κ3) is 4.72. The Morgan fingerprint density at radius 3 is 2.79 bits per heavy atom. The second-order valence-corrected chi connectivity index (χ2v) is 4.86. The number of aryl methyl sites for hydroxylation is 1. The van der Waals surface area contributed by atoms with Crippen molar-refractivity contribution in [2.45, 2.75) is 20.4 Å². The third-order valence-electron chi connectivity index (χ3n) is 2.90. The summed E-state index contributed by atoms with van der Waals surface area (Å²) in [7, 11) is 0. The fraction of sp³-hybridized carbons (Fsp3) is 0.312. The second-order valence-electron chi connectivity index (χ2n) is 4.86. The fourth-order valence-electron chi connectivity index (χ4n) is 1.95. The van der Waals surface area contributed by atoms with Crippen LogP contribution in [-0.2, 0) is 6.54 Å². The van der Waals surface area contributed by atoms with Gasteiger partial charge in [0.05, 0.1) is 12.7 Å². The smallest absolute Gasteiger partial charge is 0.0534 e. The molecule has 0 saturated heterocycles. The van der Waals surface area contributed by atoms with E-state index in [2.05, 4.69) is 60.8 Å². The monoisotopic (exact) mass is 255 g/mol. The standard InChI is InChI=1S/C16H21N3/c1-14(10-16-6-4-3-5-7-16)11-17-8-9-19-13-15(2)12-18-19/h3-7,10,12-13,17H,8-9,11H2,1-2H3. The van der Waals surface area contributed by atoms with Crippen molar-refractivity contribution >= 4 is 6.08 Å². The Labute approximate surface area is 115 Å². The molecule has 2 rings (SSSR count). The quantitative estimate of drug-likeness (QED) is 0.804. The van der Waals surface area contributed by atoms with E-state index in [1.807, 2.05) is 16.9 Å². The molecule has 0 spiro atoms. The van der Waals surface area contributed by atoms with Crippen molar-refractivity contribution < 1.29 is 0 Å². The first-order chi connectivity index (χ1) is 9.24. The van der Waals surface area contributed by atoms with Crippen molar-refractivity contribution in [3.05, 3.63) is 59.4 Å². The number of nitrogens with one attached hydrogen (secondary N) is 1. The molecule has 3 heteroatoms. The maximum Gasteiger partial charge on any atom is 0.0534 e. The summed E-state index contributed by atoms with van der Waals surface area (Å²) < 4.78 is 1.97. The van der Waals surface area contributed by atoms with Gasteiger partial charge in [-0.05, 0) is 25.0 Å². The van der Waals surface area contributed by atoms with Crippen LogP contribution in [0.3, 0.4) is 0 Å². The topological polar surface area (TPSA) is 29.9 Å². The molecule has 0 bridgehead atoms. The predicted octanol–water partition coefficient (Wildman–Crippen LogP) is 2.88. The van der Waals surface area contributed by atoms with Crippen molar-refractivity contribution in [3.63, 3.8) is 0 Å². The van der Waals surface area contributed by atoms with Gasteiger partial charge >= 0.3 is 0 Å². The molecule has 0 amide bonds. The summed E-state index contributed by atoms with van der Waals surface area (Å²) in [6, 6.07) is 10.4. The lowest BCUT2D eigenvalue weighted by Crippen LogP contribution is -2.21. The number of aromatic nitrogens is 2. The second kappa shape index (κ2) is 6.90. The van der Waals surface area contributed by atoms with Crippen LogP contribution in [0.25, 0.3) is 6.08 Å². The molecule has 0 aliphatic heterocycles. The first-order valence-electron chi connectivity index (χ1n) is 6.66. The molecule has 100 valence electrons. The third-order valence-corrected chi connectivity index (χ3v) is 2.90. The summed E-state index contributed by atoms with van der Waals surface area (Å²) in [6.45, 7) is 6.96. The van der Waals surface area contributed by atoms with Gasteiger partial charge in [0, 0.05) is 19.3 Å². The zero-order chi connectivity index (χ0) is 13.5. The van der Waals surface area contributed by atoms with E-state index < -0.39 is 0 Å². The molecule has 0 atom stereocenters. The van der Waals surface area contributed by atoms with E-state index in [4.69, 9.17) is 0 Å². The van der Waals surface area contributed by atoms with Gasteiger partial charge in [-0.3, -0.25) is 4.68 Å². The van der Waals surface area contributed by atoms with Crippen LogP contribution in [0.5, 0.6) is 0 Å². The van der Waals surface area contributed by atoms with E-state index >= 15 is 0 Å². The summed E-state index contributed by atoms with van der Waals surface area (Å²) >= 11 is 0. The van der Waals surface area contributed by atoms with Crippen molar-refractivity contribution in [1.29, 1.82) is 0 Å². The van der Waals surface area contributed by atoms with E-state index in [-0.39, 0.29) is 0 Å². The molecule has 1 heterocycles. The van der Waals surface area contributed by atoms with Gasteiger partial charge in [-0.15, -0.1) is 0 Å². The van der Waals surface area contributed by atoms with E-state index in [0.717, 1.165) is 19.6 Å². The molecule has 1 N–H and O–H groups in total. The van der Waals surface area contributed by atoms with Crippen LogP contribution in [0.4, 0.5) is 0 Å². The minimum atomic E-state index is 0.909. The first-order valence-corrected chi connectivity index (χ1v) is 6.66. The highest BCUT2D eigenvalue weighted by molar-refractivity contribution is 5.52. The lowest BCUT2D eigenvalue weighted by atomic mass is 10.1. The fourth-order valence-corrected chi connectivity index (χ4v) is 1.95. The zero-order valence-corrected chi connectivity index (χ0v) is 11.6. The van der Waals surface area contributed by atoms with Crippen molar-refractivity contribution in [3.8, 4) is 0 Å². The molecule has 2 aromatic rings. The molecule has 0 fully saturated rings. The lowest BCUT2D eigenvalue weighted by Gasteiger charge is -2.05. The molecular weight excluding hydrogens is 234 g/mol. The Balaban J connectivity index is 1.72. The van der Waals surface area contributed by atoms with Gasteiger partial charge in [-0.1, -0.05) is 42.0 Å². The number of hydrogen-bond donors (Lipinski definition) is 1. The van der Waals surface area contributed by atoms with Crippen LogP contribution in [0, 0.1) is 6.92 Å². The molecule has 19 heavy (non-hydrogen) atoms. The minimum Gasteiger partial charge on any atom is -0.311 e. The molecule has 3 nitrogen and oxygen atoms in total. The average Bonchev–Trinajstić information content (AvgIpc) is 2.82. The summed E-state index contributed by atoms with van der Waals surface area (Å²) in [5.74, 6) is 0. The van der Waals surface area contributed by atoms with E-state index in [1.165, 1.54) is 16.7 Å². The van der Waals surface area contributed by atoms with Gasteiger partial charge in [0.25, 0.3) is 0 Å². The summed E-state index contributed by atoms with van der Waals surface area (Å²) in [5, 5.41) is 7.70. The van der Waals surface area contributed by atoms with Crippen LogP contribution in [0.1, 0.15) is 18.1 Å². The zero-order valence-electron chi connectivity index (χ0n) is 11.6. The lowest BCUT2D eigenvalue weighted by molar-refractivity contribution is 0.569. The molecule has 0 radical (unpaired) electrons. The Bertz CT molecular complexity index is 526. The molecule has 1 aromatic heterocycles. The molecule has 0 aliphatic rings. The van der Waals surface area contributed by atoms with E-state index in [0.29, 0.717) is 0 Å². The molecule has 1 aromatic carbocycles. The van der Waals surface area contributed by atoms with Crippen LogP contribution >= 0.6 is 0 Å². The van der Waals surface area contributed by atoms with Crippen LogP contribution in [-0.4, -0.2) is 22.9 Å².